The van der Waals surface area contributed by atoms with Crippen LogP contribution in [0.25, 0.3) is 11.1 Å². The number of carbonyl (C=O) groups excluding carboxylic acids is 1. The third-order valence-corrected chi connectivity index (χ3v) is 3.08. The summed E-state index contributed by atoms with van der Waals surface area (Å²) >= 11 is 0. The number of ketones is 1. The molecule has 0 atom stereocenters. The first kappa shape index (κ1) is 15.8. The monoisotopic (exact) mass is 306 g/mol. The lowest BCUT2D eigenvalue weighted by Gasteiger charge is -2.10. The third kappa shape index (κ3) is 2.88. The van der Waals surface area contributed by atoms with Gasteiger partial charge in [-0.2, -0.15) is 4.39 Å². The molecule has 2 nitrogen and oxygen atoms in total. The number of ether oxygens (including phenoxy) is 1. The van der Waals surface area contributed by atoms with Gasteiger partial charge in [0.15, 0.2) is 17.3 Å². The Morgan fingerprint density at radius 3 is 2.41 bits per heavy atom. The molecule has 0 saturated carbocycles. The van der Waals surface area contributed by atoms with Crippen LogP contribution in [0.3, 0.4) is 0 Å². The molecule has 2 aromatic carbocycles. The third-order valence-electron chi connectivity index (χ3n) is 3.08. The molecule has 0 fully saturated rings. The van der Waals surface area contributed by atoms with Gasteiger partial charge in [-0.15, -0.1) is 0 Å². The second-order valence-electron chi connectivity index (χ2n) is 4.44. The molecule has 2 aromatic rings. The zero-order valence-electron chi connectivity index (χ0n) is 11.8. The van der Waals surface area contributed by atoms with Gasteiger partial charge in [-0.05, 0) is 31.2 Å². The van der Waals surface area contributed by atoms with Gasteiger partial charge in [0, 0.05) is 16.7 Å². The Morgan fingerprint density at radius 1 is 1.14 bits per heavy atom. The summed E-state index contributed by atoms with van der Waals surface area (Å²) in [6.45, 7) is 5.13. The number of hydrogen-bond donors (Lipinski definition) is 0. The molecule has 0 unspecified atom stereocenters. The van der Waals surface area contributed by atoms with Crippen LogP contribution in [0.5, 0.6) is 5.75 Å². The van der Waals surface area contributed by atoms with Crippen molar-refractivity contribution in [3.8, 4) is 16.9 Å². The van der Waals surface area contributed by atoms with Crippen molar-refractivity contribution in [1.82, 2.24) is 0 Å². The molecule has 0 radical (unpaired) electrons. The zero-order chi connectivity index (χ0) is 16.3. The van der Waals surface area contributed by atoms with E-state index in [-0.39, 0.29) is 29.0 Å². The normalized spacial score (nSPS) is 10.4. The van der Waals surface area contributed by atoms with Gasteiger partial charge in [0.25, 0.3) is 0 Å². The largest absolute Gasteiger partial charge is 0.491 e. The van der Waals surface area contributed by atoms with Crippen molar-refractivity contribution in [2.75, 3.05) is 6.61 Å². The molecule has 0 aliphatic heterocycles. The van der Waals surface area contributed by atoms with Crippen molar-refractivity contribution in [3.05, 3.63) is 66.0 Å². The predicted octanol–water partition coefficient (Wildman–Crippen LogP) is 4.54. The second-order valence-corrected chi connectivity index (χ2v) is 4.44. The van der Waals surface area contributed by atoms with Gasteiger partial charge < -0.3 is 4.74 Å². The van der Waals surface area contributed by atoms with Gasteiger partial charge >= 0.3 is 0 Å². The number of rotatable bonds is 5. The van der Waals surface area contributed by atoms with Crippen molar-refractivity contribution in [3.63, 3.8) is 0 Å². The lowest BCUT2D eigenvalue weighted by atomic mass is 10.0. The number of allylic oxidation sites excluding steroid dienone is 1. The number of carbonyl (C=O) groups is 1. The topological polar surface area (TPSA) is 26.3 Å². The van der Waals surface area contributed by atoms with Crippen molar-refractivity contribution < 1.29 is 22.7 Å². The molecule has 22 heavy (non-hydrogen) atoms. The molecule has 0 spiro atoms. The van der Waals surface area contributed by atoms with Gasteiger partial charge in [0.2, 0.25) is 5.82 Å². The number of benzene rings is 2. The molecule has 114 valence electrons. The Kier molecular flexibility index (Phi) is 4.65. The first-order chi connectivity index (χ1) is 10.5. The summed E-state index contributed by atoms with van der Waals surface area (Å²) in [4.78, 5) is 11.4. The van der Waals surface area contributed by atoms with E-state index < -0.39 is 23.2 Å². The lowest BCUT2D eigenvalue weighted by Crippen LogP contribution is -2.00. The fourth-order valence-corrected chi connectivity index (χ4v) is 2.01. The summed E-state index contributed by atoms with van der Waals surface area (Å²) in [5, 5.41) is 0. The minimum absolute atomic E-state index is 0.0862. The van der Waals surface area contributed by atoms with Crippen LogP contribution in [-0.2, 0) is 0 Å². The summed E-state index contributed by atoms with van der Waals surface area (Å²) < 4.78 is 46.9. The molecular weight excluding hydrogens is 293 g/mol. The van der Waals surface area contributed by atoms with Crippen LogP contribution in [0.1, 0.15) is 17.3 Å². The highest BCUT2D eigenvalue weighted by Crippen LogP contribution is 2.31. The molecule has 5 heteroatoms. The van der Waals surface area contributed by atoms with Crippen LogP contribution < -0.4 is 4.74 Å². The molecule has 0 bridgehead atoms. The van der Waals surface area contributed by atoms with E-state index in [1.54, 1.807) is 6.92 Å². The summed E-state index contributed by atoms with van der Waals surface area (Å²) in [6, 6.07) is 5.99. The standard InChI is InChI=1S/C17H13F3O2/c1-3-14(21)10-5-6-11(13(18)9-10)12-7-8-15(22-4-2)17(20)16(12)19/h3,5-9H,1,4H2,2H3. The Labute approximate surface area is 125 Å². The molecule has 0 saturated heterocycles. The van der Waals surface area contributed by atoms with Crippen LogP contribution in [0, 0.1) is 17.5 Å². The second kappa shape index (κ2) is 6.47. The van der Waals surface area contributed by atoms with Crippen LogP contribution in [0.2, 0.25) is 0 Å². The minimum atomic E-state index is -1.20. The Balaban J connectivity index is 2.51. The van der Waals surface area contributed by atoms with E-state index >= 15 is 0 Å². The Morgan fingerprint density at radius 2 is 1.82 bits per heavy atom. The number of halogens is 3. The Hall–Kier alpha value is -2.56. The summed E-state index contributed by atoms with van der Waals surface area (Å²) in [5.41, 5.74) is -0.292. The van der Waals surface area contributed by atoms with Crippen LogP contribution in [-0.4, -0.2) is 12.4 Å². The van der Waals surface area contributed by atoms with E-state index in [9.17, 15) is 18.0 Å². The van der Waals surface area contributed by atoms with Gasteiger partial charge in [-0.3, -0.25) is 4.79 Å². The average molecular weight is 306 g/mol. The number of hydrogen-bond acceptors (Lipinski definition) is 2. The molecule has 0 aromatic heterocycles. The van der Waals surface area contributed by atoms with Gasteiger partial charge in [-0.25, -0.2) is 8.78 Å². The highest BCUT2D eigenvalue weighted by molar-refractivity contribution is 6.04. The van der Waals surface area contributed by atoms with Gasteiger partial charge in [0.05, 0.1) is 6.61 Å². The van der Waals surface area contributed by atoms with E-state index in [1.807, 2.05) is 0 Å². The summed E-state index contributed by atoms with van der Waals surface area (Å²) in [5.74, 6) is -3.89. The van der Waals surface area contributed by atoms with Gasteiger partial charge in [0.1, 0.15) is 5.82 Å². The molecule has 0 aliphatic carbocycles. The van der Waals surface area contributed by atoms with Crippen LogP contribution in [0.15, 0.2) is 43.0 Å². The fourth-order valence-electron chi connectivity index (χ4n) is 2.01. The average Bonchev–Trinajstić information content (AvgIpc) is 2.52. The molecule has 0 N–H and O–H groups in total. The van der Waals surface area contributed by atoms with Crippen molar-refractivity contribution in [2.45, 2.75) is 6.92 Å². The highest BCUT2D eigenvalue weighted by atomic mass is 19.2. The molecular formula is C17H13F3O2. The smallest absolute Gasteiger partial charge is 0.201 e. The van der Waals surface area contributed by atoms with Gasteiger partial charge in [-0.1, -0.05) is 18.7 Å². The summed E-state index contributed by atoms with van der Waals surface area (Å²) in [7, 11) is 0. The predicted molar refractivity (Wildman–Crippen MR) is 77.4 cm³/mol. The highest BCUT2D eigenvalue weighted by Gasteiger charge is 2.18. The van der Waals surface area contributed by atoms with Crippen LogP contribution >= 0.6 is 0 Å². The maximum atomic E-state index is 14.1. The molecule has 0 heterocycles. The SMILES string of the molecule is C=CC(=O)c1ccc(-c2ccc(OCC)c(F)c2F)c(F)c1. The van der Waals surface area contributed by atoms with Crippen LogP contribution in [0.4, 0.5) is 13.2 Å². The quantitative estimate of drug-likeness (QED) is 0.599. The molecule has 0 aliphatic rings. The maximum absolute atomic E-state index is 14.1. The van der Waals surface area contributed by atoms with Crippen molar-refractivity contribution >= 4 is 5.78 Å². The Bertz CT molecular complexity index is 739. The first-order valence-electron chi connectivity index (χ1n) is 6.57. The zero-order valence-corrected chi connectivity index (χ0v) is 11.8. The summed E-state index contributed by atoms with van der Waals surface area (Å²) in [6.07, 6.45) is 1.05. The van der Waals surface area contributed by atoms with E-state index in [4.69, 9.17) is 4.74 Å². The van der Waals surface area contributed by atoms with Crippen molar-refractivity contribution in [1.29, 1.82) is 0 Å². The van der Waals surface area contributed by atoms with Crippen molar-refractivity contribution in [2.24, 2.45) is 0 Å². The van der Waals surface area contributed by atoms with E-state index in [2.05, 4.69) is 6.58 Å². The van der Waals surface area contributed by atoms with E-state index in [0.717, 1.165) is 12.1 Å². The lowest BCUT2D eigenvalue weighted by molar-refractivity contribution is 0.104. The maximum Gasteiger partial charge on any atom is 0.201 e. The minimum Gasteiger partial charge on any atom is -0.491 e. The molecule has 0 amide bonds. The van der Waals surface area contributed by atoms with E-state index in [1.165, 1.54) is 24.3 Å². The molecule has 2 rings (SSSR count). The first-order valence-corrected chi connectivity index (χ1v) is 6.57. The fraction of sp³-hybridized carbons (Fsp3) is 0.118. The van der Waals surface area contributed by atoms with E-state index in [0.29, 0.717) is 0 Å².